The van der Waals surface area contributed by atoms with Gasteiger partial charge < -0.3 is 0 Å². The average Bonchev–Trinajstić information content (AvgIpc) is 1.55. The Bertz CT molecular complexity index is 6240. The van der Waals surface area contributed by atoms with Gasteiger partial charge in [-0.2, -0.15) is 36.5 Å². The summed E-state index contributed by atoms with van der Waals surface area (Å²) < 4.78 is 19.2. The van der Waals surface area contributed by atoms with E-state index in [1.807, 2.05) is 0 Å². The molecule has 462 valence electrons. The lowest BCUT2D eigenvalue weighted by molar-refractivity contribution is -0.694. The minimum absolute atomic E-state index is 0.346. The topological polar surface area (TPSA) is 31.0 Å². The van der Waals surface area contributed by atoms with E-state index in [0.717, 1.165) is 26.2 Å². The molecule has 8 heteroatoms. The van der Waals surface area contributed by atoms with Gasteiger partial charge >= 0.3 is 0 Å². The zero-order chi connectivity index (χ0) is 64.8. The highest BCUT2D eigenvalue weighted by molar-refractivity contribution is 6.06. The molecule has 0 saturated heterocycles. The van der Waals surface area contributed by atoms with Gasteiger partial charge in [0.05, 0.1) is 44.2 Å². The molecule has 0 saturated carbocycles. The van der Waals surface area contributed by atoms with Crippen LogP contribution in [0.1, 0.15) is 96.4 Å². The van der Waals surface area contributed by atoms with Crippen LogP contribution in [0.4, 0.5) is 0 Å². The van der Waals surface area contributed by atoms with Crippen molar-refractivity contribution >= 4 is 53.9 Å². The summed E-state index contributed by atoms with van der Waals surface area (Å²) in [7, 11) is 0. The fourth-order valence-electron chi connectivity index (χ4n) is 18.6. The van der Waals surface area contributed by atoms with E-state index in [2.05, 4.69) is 344 Å². The molecule has 4 atom stereocenters. The van der Waals surface area contributed by atoms with Crippen molar-refractivity contribution in [1.82, 2.24) is 0 Å². The molecule has 8 aliphatic rings. The number of benzene rings is 8. The highest BCUT2D eigenvalue weighted by Gasteiger charge is 2.50. The lowest BCUT2D eigenvalue weighted by Gasteiger charge is -2.07. The zero-order valence-electron chi connectivity index (χ0n) is 55.3. The lowest BCUT2D eigenvalue weighted by atomic mass is 9.91. The normalized spacial score (nSPS) is 16.6. The molecule has 8 aromatic heterocycles. The third kappa shape index (κ3) is 7.88. The number of rotatable bonds is 0. The van der Waals surface area contributed by atoms with Crippen molar-refractivity contribution in [2.45, 2.75) is 78.0 Å². The van der Waals surface area contributed by atoms with Gasteiger partial charge in [-0.3, -0.25) is 0 Å². The van der Waals surface area contributed by atoms with Crippen molar-refractivity contribution in [3.8, 4) is 78.9 Å². The van der Waals surface area contributed by atoms with E-state index in [1.54, 1.807) is 0 Å². The third-order valence-corrected chi connectivity index (χ3v) is 23.1. The molecule has 0 bridgehead atoms. The van der Waals surface area contributed by atoms with Crippen molar-refractivity contribution in [2.24, 2.45) is 0 Å². The maximum absolute atomic E-state index is 2.48. The molecule has 8 aliphatic heterocycles. The summed E-state index contributed by atoms with van der Waals surface area (Å²) in [5.41, 5.74) is 30.8. The summed E-state index contributed by atoms with van der Waals surface area (Å²) in [6.45, 7) is 13.1. The van der Waals surface area contributed by atoms with Crippen LogP contribution in [0.25, 0.3) is 133 Å². The van der Waals surface area contributed by atoms with Crippen molar-refractivity contribution in [1.29, 1.82) is 0 Å². The minimum atomic E-state index is 0.346. The first-order chi connectivity index (χ1) is 48.3. The molecule has 4 unspecified atom stereocenters. The molecule has 16 heterocycles. The molecule has 16 aromatic rings. The molecule has 24 rings (SSSR count). The van der Waals surface area contributed by atoms with E-state index < -0.39 is 0 Å². The predicted octanol–water partition coefficient (Wildman–Crippen LogP) is 15.6. The Morgan fingerprint density at radius 3 is 1.61 bits per heavy atom. The van der Waals surface area contributed by atoms with E-state index in [-0.39, 0.29) is 0 Å². The van der Waals surface area contributed by atoms with Crippen LogP contribution in [0, 0.1) is 0 Å². The Kier molecular flexibility index (Phi) is 11.8. The smallest absolute Gasteiger partial charge is 0.194 e. The van der Waals surface area contributed by atoms with Gasteiger partial charge in [0.1, 0.15) is 11.1 Å². The lowest BCUT2D eigenvalue weighted by Crippen LogP contribution is -2.37. The summed E-state index contributed by atoms with van der Waals surface area (Å²) in [6, 6.07) is 86.0. The summed E-state index contributed by atoms with van der Waals surface area (Å²) in [5, 5.41) is 13.5. The zero-order valence-corrected chi connectivity index (χ0v) is 55.3. The largest absolute Gasteiger partial charge is 0.288 e. The summed E-state index contributed by atoms with van der Waals surface area (Å²) >= 11 is 0. The molecule has 0 radical (unpaired) electrons. The monoisotopic (exact) mass is 1260 g/mol. The molecular weight excluding hydrogens is 1190 g/mol. The van der Waals surface area contributed by atoms with Crippen LogP contribution < -0.4 is 36.5 Å². The number of fused-ring (bicyclic) bond motifs is 29. The fraction of sp³-hybridized carbons (Fsp3) is 0.133. The van der Waals surface area contributed by atoms with Crippen molar-refractivity contribution in [2.75, 3.05) is 0 Å². The van der Waals surface area contributed by atoms with Gasteiger partial charge in [0.25, 0.3) is 11.4 Å². The minimum Gasteiger partial charge on any atom is -0.194 e. The molecule has 0 aliphatic carbocycles. The number of hydrogen-bond acceptors (Lipinski definition) is 0. The number of aromatic nitrogens is 8. The van der Waals surface area contributed by atoms with Gasteiger partial charge in [-0.05, 0) is 94.3 Å². The van der Waals surface area contributed by atoms with Gasteiger partial charge in [0.2, 0.25) is 34.2 Å². The molecule has 8 aromatic carbocycles. The van der Waals surface area contributed by atoms with Gasteiger partial charge in [-0.25, -0.2) is 0 Å². The van der Waals surface area contributed by atoms with Crippen LogP contribution in [0.2, 0.25) is 0 Å². The second-order valence-corrected chi connectivity index (χ2v) is 28.1. The first-order valence-electron chi connectivity index (χ1n) is 34.9. The number of nitrogens with zero attached hydrogens (tertiary/aromatic N) is 8. The first kappa shape index (κ1) is 55.5. The maximum atomic E-state index is 2.48. The van der Waals surface area contributed by atoms with Crippen LogP contribution in [0.15, 0.2) is 280 Å². The second-order valence-electron chi connectivity index (χ2n) is 28.1. The van der Waals surface area contributed by atoms with E-state index in [4.69, 9.17) is 0 Å². The molecule has 0 fully saturated rings. The summed E-state index contributed by atoms with van der Waals surface area (Å²) in [6.07, 6.45) is 17.9. The molecular formula is C90H70N8+8. The quantitative estimate of drug-likeness (QED) is 0.136. The van der Waals surface area contributed by atoms with Crippen LogP contribution in [0.3, 0.4) is 0 Å². The van der Waals surface area contributed by atoms with E-state index in [9.17, 15) is 0 Å². The summed E-state index contributed by atoms with van der Waals surface area (Å²) in [5.74, 6) is 0. The Labute approximate surface area is 568 Å². The summed E-state index contributed by atoms with van der Waals surface area (Å²) in [4.78, 5) is 0. The SMILES string of the molecule is CC1c2c3[n+](cc4ccccc24)Cc2c-3[n+]1cc1ccccc21.CC1c2cc3c(cc2-c2c4ccccc4cc[n+]21)C[n+]1ccc2ccccc2c1-3.CC1c2cc3c(cc2-c2cccc[n+]21)-c1cccc[n+]1C3.CC1c2ccc3c4c(ccc3c2-c2cccc[n+]21)C[n+]1ccccc1-4. The van der Waals surface area contributed by atoms with E-state index in [1.165, 1.54) is 177 Å². The van der Waals surface area contributed by atoms with Gasteiger partial charge in [0.15, 0.2) is 99.9 Å². The standard InChI is InChI=1S/C27H20N2.C23H18N2.C21H16N2.C19H16N2/c1-17-23-15-24-20(16-28-12-10-18-6-2-4-8-21(18)26(24)28)14-25(23)27-22-9-5-3-7-19(22)11-13-29(17)27;1-15-17-10-11-18-19(23(17)21-7-3-5-13-25(15)21)9-8-16-14-24-12-4-2-6-20(24)22(16)18;1-13-19-17-9-5-3-6-14(17)10-22-12-18-16-8-4-2-7-15(16)11-23(13)20(18)21(19)22;1-13-15-10-14-12-20-8-4-2-6-18(20)16(14)11-17(15)19-7-3-5-9-21(13)19/h2-15,17H,16H2,1H3;2-13,15H,14H2,1H3;2-11,13H,12H2,1H3;2-11,13H,12H2,1H3/q4*+2. The van der Waals surface area contributed by atoms with Crippen LogP contribution in [-0.4, -0.2) is 0 Å². The highest BCUT2D eigenvalue weighted by Crippen LogP contribution is 2.47. The predicted molar refractivity (Wildman–Crippen MR) is 385 cm³/mol. The van der Waals surface area contributed by atoms with Gasteiger partial charge in [-0.1, -0.05) is 97.1 Å². The third-order valence-electron chi connectivity index (χ3n) is 23.1. The number of hydrogen-bond donors (Lipinski definition) is 0. The van der Waals surface area contributed by atoms with Gasteiger partial charge in [0, 0.05) is 143 Å². The highest BCUT2D eigenvalue weighted by atomic mass is 15.1. The molecule has 0 spiro atoms. The molecule has 98 heavy (non-hydrogen) atoms. The maximum Gasteiger partial charge on any atom is 0.288 e. The Hall–Kier alpha value is -11.7. The Morgan fingerprint density at radius 1 is 0.265 bits per heavy atom. The molecule has 0 amide bonds. The second kappa shape index (κ2) is 20.9. The van der Waals surface area contributed by atoms with E-state index in [0.29, 0.717) is 24.2 Å². The first-order valence-corrected chi connectivity index (χ1v) is 34.9. The molecule has 8 nitrogen and oxygen atoms in total. The average molecular weight is 1260 g/mol. The molecule has 0 N–H and O–H groups in total. The van der Waals surface area contributed by atoms with Crippen molar-refractivity contribution < 1.29 is 36.5 Å². The van der Waals surface area contributed by atoms with Crippen LogP contribution in [0.5, 0.6) is 0 Å². The van der Waals surface area contributed by atoms with E-state index >= 15 is 0 Å². The van der Waals surface area contributed by atoms with Gasteiger partial charge in [-0.15, -0.1) is 0 Å². The van der Waals surface area contributed by atoms with Crippen LogP contribution in [-0.2, 0) is 26.2 Å². The van der Waals surface area contributed by atoms with Crippen LogP contribution >= 0.6 is 0 Å². The Morgan fingerprint density at radius 2 is 0.827 bits per heavy atom. The van der Waals surface area contributed by atoms with Crippen molar-refractivity contribution in [3.63, 3.8) is 0 Å². The Balaban J connectivity index is 0.0000000867. The fourth-order valence-corrected chi connectivity index (χ4v) is 18.6. The number of pyridine rings is 8. The van der Waals surface area contributed by atoms with Crippen molar-refractivity contribution in [3.05, 3.63) is 325 Å².